The second-order valence-corrected chi connectivity index (χ2v) is 10.3. The molecule has 0 aromatic carbocycles. The van der Waals surface area contributed by atoms with Gasteiger partial charge in [-0.3, -0.25) is 4.68 Å². The van der Waals surface area contributed by atoms with Gasteiger partial charge in [-0.2, -0.15) is 5.10 Å². The van der Waals surface area contributed by atoms with Gasteiger partial charge in [0.25, 0.3) is 0 Å². The molecule has 3 atom stereocenters. The summed E-state index contributed by atoms with van der Waals surface area (Å²) in [5.74, 6) is 2.47. The third-order valence-corrected chi connectivity index (χ3v) is 7.89. The molecular weight excluding hydrogens is 440 g/mol. The number of ether oxygens (including phenoxy) is 1. The van der Waals surface area contributed by atoms with Crippen molar-refractivity contribution in [3.63, 3.8) is 0 Å². The molecular formula is C26H30N8O. The van der Waals surface area contributed by atoms with E-state index in [0.29, 0.717) is 18.3 Å². The lowest BCUT2D eigenvalue weighted by Gasteiger charge is -2.29. The van der Waals surface area contributed by atoms with Crippen LogP contribution in [0.25, 0.3) is 11.2 Å². The van der Waals surface area contributed by atoms with Crippen molar-refractivity contribution >= 4 is 11.2 Å². The summed E-state index contributed by atoms with van der Waals surface area (Å²) in [7, 11) is 0. The molecule has 0 radical (unpaired) electrons. The summed E-state index contributed by atoms with van der Waals surface area (Å²) >= 11 is 0. The van der Waals surface area contributed by atoms with Gasteiger partial charge in [0.2, 0.25) is 0 Å². The van der Waals surface area contributed by atoms with Gasteiger partial charge in [0, 0.05) is 55.6 Å². The largest absolute Gasteiger partial charge is 0.373 e. The Kier molecular flexibility index (Phi) is 4.94. The molecule has 7 rings (SSSR count). The zero-order valence-corrected chi connectivity index (χ0v) is 20.3. The second kappa shape index (κ2) is 8.19. The van der Waals surface area contributed by atoms with Gasteiger partial charge in [-0.15, -0.1) is 0 Å². The van der Waals surface area contributed by atoms with Crippen molar-refractivity contribution in [1.82, 2.24) is 39.3 Å². The molecule has 0 N–H and O–H groups in total. The van der Waals surface area contributed by atoms with Gasteiger partial charge in [-0.25, -0.2) is 24.9 Å². The Bertz CT molecular complexity index is 1400. The minimum atomic E-state index is 0.0250. The fourth-order valence-corrected chi connectivity index (χ4v) is 5.52. The number of nitrogens with zero attached hydrogens (tertiary/aromatic N) is 8. The summed E-state index contributed by atoms with van der Waals surface area (Å²) in [6.45, 7) is 5.66. The molecule has 2 aliphatic heterocycles. The summed E-state index contributed by atoms with van der Waals surface area (Å²) in [5.41, 5.74) is 5.60. The highest BCUT2D eigenvalue weighted by molar-refractivity contribution is 5.73. The van der Waals surface area contributed by atoms with Crippen molar-refractivity contribution in [1.29, 1.82) is 0 Å². The van der Waals surface area contributed by atoms with Crippen LogP contribution < -0.4 is 0 Å². The highest BCUT2D eigenvalue weighted by atomic mass is 16.5. The summed E-state index contributed by atoms with van der Waals surface area (Å²) in [4.78, 5) is 24.5. The van der Waals surface area contributed by atoms with Crippen molar-refractivity contribution in [2.45, 2.75) is 82.9 Å². The van der Waals surface area contributed by atoms with Crippen LogP contribution in [0.1, 0.15) is 90.4 Å². The Morgan fingerprint density at radius 3 is 2.74 bits per heavy atom. The lowest BCUT2D eigenvalue weighted by Crippen LogP contribution is -2.23. The Labute approximate surface area is 204 Å². The maximum absolute atomic E-state index is 6.18. The first-order chi connectivity index (χ1) is 17.1. The van der Waals surface area contributed by atoms with Gasteiger partial charge >= 0.3 is 0 Å². The van der Waals surface area contributed by atoms with Crippen molar-refractivity contribution < 1.29 is 4.74 Å². The quantitative estimate of drug-likeness (QED) is 0.442. The van der Waals surface area contributed by atoms with Crippen LogP contribution >= 0.6 is 0 Å². The fraction of sp³-hybridized carbons (Fsp3) is 0.538. The smallest absolute Gasteiger partial charge is 0.182 e. The van der Waals surface area contributed by atoms with Crippen molar-refractivity contribution in [2.24, 2.45) is 0 Å². The molecule has 2 fully saturated rings. The first kappa shape index (κ1) is 21.1. The molecule has 3 aliphatic rings. The van der Waals surface area contributed by atoms with E-state index in [1.54, 1.807) is 0 Å². The van der Waals surface area contributed by atoms with Gasteiger partial charge < -0.3 is 9.30 Å². The second-order valence-electron chi connectivity index (χ2n) is 10.3. The first-order valence-corrected chi connectivity index (χ1v) is 12.8. The molecule has 9 nitrogen and oxygen atoms in total. The maximum Gasteiger partial charge on any atom is 0.182 e. The number of rotatable bonds is 4. The lowest BCUT2D eigenvalue weighted by atomic mass is 9.90. The van der Waals surface area contributed by atoms with Crippen LogP contribution in [0.3, 0.4) is 0 Å². The third kappa shape index (κ3) is 3.82. The van der Waals surface area contributed by atoms with Gasteiger partial charge in [-0.1, -0.05) is 0 Å². The zero-order valence-electron chi connectivity index (χ0n) is 20.3. The molecule has 4 aromatic heterocycles. The van der Waals surface area contributed by atoms with Crippen LogP contribution in [-0.2, 0) is 17.7 Å². The first-order valence-electron chi connectivity index (χ1n) is 12.8. The van der Waals surface area contributed by atoms with Crippen LogP contribution in [0.5, 0.6) is 0 Å². The zero-order chi connectivity index (χ0) is 23.5. The van der Waals surface area contributed by atoms with E-state index in [0.717, 1.165) is 72.0 Å². The summed E-state index contributed by atoms with van der Waals surface area (Å²) < 4.78 is 10.5. The number of aryl methyl sites for hydroxylation is 3. The van der Waals surface area contributed by atoms with E-state index in [-0.39, 0.29) is 17.9 Å². The van der Waals surface area contributed by atoms with Crippen LogP contribution in [0.2, 0.25) is 0 Å². The molecule has 1 saturated carbocycles. The van der Waals surface area contributed by atoms with Crippen LogP contribution in [0.4, 0.5) is 0 Å². The molecule has 180 valence electrons. The summed E-state index contributed by atoms with van der Waals surface area (Å²) in [6.07, 6.45) is 14.2. The Balaban J connectivity index is 1.25. The fourth-order valence-electron chi connectivity index (χ4n) is 5.52. The molecule has 6 heterocycles. The van der Waals surface area contributed by atoms with E-state index in [9.17, 15) is 0 Å². The molecule has 1 saturated heterocycles. The Morgan fingerprint density at radius 1 is 0.971 bits per heavy atom. The van der Waals surface area contributed by atoms with Gasteiger partial charge in [0.1, 0.15) is 17.2 Å². The predicted octanol–water partition coefficient (Wildman–Crippen LogP) is 4.13. The molecule has 1 aliphatic carbocycles. The van der Waals surface area contributed by atoms with Crippen molar-refractivity contribution in [3.8, 4) is 0 Å². The number of fused-ring (bicyclic) bond motifs is 2. The Hall–Kier alpha value is -3.20. The molecule has 9 heteroatoms. The maximum atomic E-state index is 6.18. The standard InChI is InChI=1S/C26H30N8O/c1-15-16(2)30-26-24(29-15)23(17-5-8-33-9-7-27-22(33)12-17)31-25(32-26)18-6-10-35-21(11-18)19-13-28-34(14-19)20-3-4-20/h7,9,13-14,17-18,20-21H,3-6,8,10-12H2,1-2H3/t17?,18-,21-/m0/s1. The monoisotopic (exact) mass is 470 g/mol. The number of hydrogen-bond acceptors (Lipinski definition) is 7. The van der Waals surface area contributed by atoms with Crippen LogP contribution in [0, 0.1) is 13.8 Å². The predicted molar refractivity (Wildman–Crippen MR) is 129 cm³/mol. The molecule has 0 bridgehead atoms. The van der Waals surface area contributed by atoms with Crippen molar-refractivity contribution in [2.75, 3.05) is 6.61 Å². The average molecular weight is 471 g/mol. The van der Waals surface area contributed by atoms with E-state index in [4.69, 9.17) is 24.7 Å². The minimum Gasteiger partial charge on any atom is -0.373 e. The van der Waals surface area contributed by atoms with Crippen LogP contribution in [0.15, 0.2) is 24.8 Å². The number of imidazole rings is 1. The highest BCUT2D eigenvalue weighted by Gasteiger charge is 2.32. The average Bonchev–Trinajstić information content (AvgIpc) is 3.41. The van der Waals surface area contributed by atoms with Gasteiger partial charge in [0.15, 0.2) is 5.65 Å². The van der Waals surface area contributed by atoms with E-state index >= 15 is 0 Å². The molecule has 4 aromatic rings. The third-order valence-electron chi connectivity index (χ3n) is 7.89. The minimum absolute atomic E-state index is 0.0250. The van der Waals surface area contributed by atoms with Gasteiger partial charge in [0.05, 0.1) is 35.4 Å². The SMILES string of the molecule is Cc1nc2nc([C@H]3CCO[C@H](c4cnn(C5CC5)c4)C3)nc(C3CCn4ccnc4C3)c2nc1C. The molecule has 35 heavy (non-hydrogen) atoms. The van der Waals surface area contributed by atoms with Crippen molar-refractivity contribution in [3.05, 3.63) is 59.1 Å². The topological polar surface area (TPSA) is 96.4 Å². The van der Waals surface area contributed by atoms with E-state index < -0.39 is 0 Å². The normalized spacial score (nSPS) is 24.6. The molecule has 1 unspecified atom stereocenters. The summed E-state index contributed by atoms with van der Waals surface area (Å²) in [6, 6.07) is 0.575. The number of aromatic nitrogens is 8. The van der Waals surface area contributed by atoms with Crippen LogP contribution in [-0.4, -0.2) is 45.9 Å². The highest BCUT2D eigenvalue weighted by Crippen LogP contribution is 2.40. The summed E-state index contributed by atoms with van der Waals surface area (Å²) in [5, 5.41) is 4.58. The molecule has 0 spiro atoms. The Morgan fingerprint density at radius 2 is 1.86 bits per heavy atom. The molecule has 0 amide bonds. The number of hydrogen-bond donors (Lipinski definition) is 0. The lowest BCUT2D eigenvalue weighted by molar-refractivity contribution is 0.00391. The van der Waals surface area contributed by atoms with E-state index in [1.165, 1.54) is 12.8 Å². The van der Waals surface area contributed by atoms with E-state index in [2.05, 4.69) is 31.7 Å². The van der Waals surface area contributed by atoms with Gasteiger partial charge in [-0.05, 0) is 46.0 Å². The van der Waals surface area contributed by atoms with E-state index in [1.807, 2.05) is 26.2 Å².